The first-order valence-electron chi connectivity index (χ1n) is 12.5. The van der Waals surface area contributed by atoms with Gasteiger partial charge in [-0.15, -0.1) is 0 Å². The Hall–Kier alpha value is -4.50. The first-order valence-corrected chi connectivity index (χ1v) is 12.5. The lowest BCUT2D eigenvalue weighted by molar-refractivity contribution is 0.340. The first kappa shape index (κ1) is 24.2. The Morgan fingerprint density at radius 2 is 1.00 bits per heavy atom. The second kappa shape index (κ2) is 10.2. The monoisotopic (exact) mass is 486 g/mol. The van der Waals surface area contributed by atoms with Crippen molar-refractivity contribution < 1.29 is 14.9 Å². The molecule has 0 atom stereocenters. The number of aromatic hydroxyl groups is 2. The van der Waals surface area contributed by atoms with Crippen molar-refractivity contribution in [2.24, 2.45) is 0 Å². The highest BCUT2D eigenvalue weighted by molar-refractivity contribution is 5.74. The van der Waals surface area contributed by atoms with Gasteiger partial charge in [0.15, 0.2) is 0 Å². The van der Waals surface area contributed by atoms with E-state index < -0.39 is 5.41 Å². The predicted molar refractivity (Wildman–Crippen MR) is 150 cm³/mol. The Labute approximate surface area is 218 Å². The first-order chi connectivity index (χ1) is 18.0. The molecule has 0 aromatic heterocycles. The lowest BCUT2D eigenvalue weighted by Crippen LogP contribution is -2.25. The van der Waals surface area contributed by atoms with Crippen LogP contribution in [0.15, 0.2) is 121 Å². The van der Waals surface area contributed by atoms with Crippen LogP contribution in [-0.4, -0.2) is 16.8 Å². The van der Waals surface area contributed by atoms with Crippen LogP contribution in [0.5, 0.6) is 17.2 Å². The van der Waals surface area contributed by atoms with Crippen molar-refractivity contribution in [1.29, 1.82) is 0 Å². The van der Waals surface area contributed by atoms with Crippen molar-refractivity contribution in [2.75, 3.05) is 6.61 Å². The van der Waals surface area contributed by atoms with E-state index in [1.165, 1.54) is 0 Å². The van der Waals surface area contributed by atoms with Crippen molar-refractivity contribution in [3.05, 3.63) is 138 Å². The van der Waals surface area contributed by atoms with Crippen molar-refractivity contribution in [1.82, 2.24) is 0 Å². The van der Waals surface area contributed by atoms with Gasteiger partial charge in [0, 0.05) is 16.5 Å². The van der Waals surface area contributed by atoms with E-state index in [9.17, 15) is 10.2 Å². The summed E-state index contributed by atoms with van der Waals surface area (Å²) in [5.74, 6) is 1.29. The van der Waals surface area contributed by atoms with Gasteiger partial charge >= 0.3 is 0 Å². The molecule has 0 saturated carbocycles. The van der Waals surface area contributed by atoms with Crippen molar-refractivity contribution in [2.45, 2.75) is 19.3 Å². The van der Waals surface area contributed by atoms with Crippen molar-refractivity contribution in [3.63, 3.8) is 0 Å². The fraction of sp³-hybridized carbons (Fsp3) is 0.118. The van der Waals surface area contributed by atoms with Gasteiger partial charge in [-0.3, -0.25) is 0 Å². The summed E-state index contributed by atoms with van der Waals surface area (Å²) >= 11 is 0. The molecule has 0 heterocycles. The van der Waals surface area contributed by atoms with E-state index in [1.807, 2.05) is 91.9 Å². The number of benzene rings is 5. The van der Waals surface area contributed by atoms with Gasteiger partial charge in [0.1, 0.15) is 17.2 Å². The predicted octanol–water partition coefficient (Wildman–Crippen LogP) is 8.18. The second-order valence-electron chi connectivity index (χ2n) is 9.28. The van der Waals surface area contributed by atoms with Gasteiger partial charge in [0.25, 0.3) is 0 Å². The molecule has 0 radical (unpaired) electrons. The third-order valence-electron chi connectivity index (χ3n) is 7.06. The zero-order chi connectivity index (χ0) is 25.8. The largest absolute Gasteiger partial charge is 0.507 e. The lowest BCUT2D eigenvalue weighted by Gasteiger charge is -2.33. The van der Waals surface area contributed by atoms with E-state index in [0.717, 1.165) is 44.7 Å². The van der Waals surface area contributed by atoms with Gasteiger partial charge in [-0.1, -0.05) is 84.9 Å². The maximum Gasteiger partial charge on any atom is 0.123 e. The normalized spacial score (nSPS) is 11.3. The van der Waals surface area contributed by atoms with Crippen LogP contribution >= 0.6 is 0 Å². The number of hydrogen-bond acceptors (Lipinski definition) is 3. The van der Waals surface area contributed by atoms with Crippen LogP contribution in [0.2, 0.25) is 0 Å². The summed E-state index contributed by atoms with van der Waals surface area (Å²) in [6.07, 6.45) is 0. The highest BCUT2D eigenvalue weighted by Crippen LogP contribution is 2.44. The Balaban J connectivity index is 1.73. The maximum atomic E-state index is 10.8. The Bertz CT molecular complexity index is 1400. The SMILES string of the molecule is CCOc1ccc(C(C)(c2ccc(O)c(-c3ccccc3)c2)c2ccc(O)c(-c3ccccc3)c2)cc1. The third-order valence-corrected chi connectivity index (χ3v) is 7.06. The summed E-state index contributed by atoms with van der Waals surface area (Å²) in [5, 5.41) is 21.5. The zero-order valence-corrected chi connectivity index (χ0v) is 21.1. The topological polar surface area (TPSA) is 49.7 Å². The highest BCUT2D eigenvalue weighted by Gasteiger charge is 2.33. The smallest absolute Gasteiger partial charge is 0.123 e. The number of ether oxygens (including phenoxy) is 1. The Kier molecular flexibility index (Phi) is 6.70. The van der Waals surface area contributed by atoms with E-state index in [0.29, 0.717) is 6.61 Å². The molecule has 0 amide bonds. The molecule has 5 aromatic rings. The standard InChI is InChI=1S/C34H30O3/c1-3-37-29-18-14-26(15-19-29)34(2,27-16-20-32(35)30(22-27)24-10-6-4-7-11-24)28-17-21-33(36)31(23-28)25-12-8-5-9-13-25/h4-23,35-36H,3H2,1-2H3. The van der Waals surface area contributed by atoms with E-state index in [1.54, 1.807) is 12.1 Å². The van der Waals surface area contributed by atoms with E-state index >= 15 is 0 Å². The van der Waals surface area contributed by atoms with Gasteiger partial charge in [-0.05, 0) is 78.1 Å². The van der Waals surface area contributed by atoms with E-state index in [4.69, 9.17) is 4.74 Å². The molecule has 3 heteroatoms. The molecule has 184 valence electrons. The molecule has 0 aliphatic rings. The fourth-order valence-corrected chi connectivity index (χ4v) is 4.94. The molecule has 0 unspecified atom stereocenters. The maximum absolute atomic E-state index is 10.8. The second-order valence-corrected chi connectivity index (χ2v) is 9.28. The number of phenols is 2. The van der Waals surface area contributed by atoms with Crippen LogP contribution in [0.25, 0.3) is 22.3 Å². The van der Waals surface area contributed by atoms with Gasteiger partial charge in [-0.25, -0.2) is 0 Å². The lowest BCUT2D eigenvalue weighted by atomic mass is 9.70. The summed E-state index contributed by atoms with van der Waals surface area (Å²) in [5.41, 5.74) is 5.99. The summed E-state index contributed by atoms with van der Waals surface area (Å²) in [7, 11) is 0. The van der Waals surface area contributed by atoms with Crippen LogP contribution < -0.4 is 4.74 Å². The number of phenolic OH excluding ortho intramolecular Hbond substituents is 2. The molecule has 2 N–H and O–H groups in total. The molecule has 0 spiro atoms. The highest BCUT2D eigenvalue weighted by atomic mass is 16.5. The number of rotatable bonds is 7. The van der Waals surface area contributed by atoms with Crippen LogP contribution in [0, 0.1) is 0 Å². The van der Waals surface area contributed by atoms with Gasteiger partial charge in [0.05, 0.1) is 6.61 Å². The van der Waals surface area contributed by atoms with Gasteiger partial charge < -0.3 is 14.9 Å². The van der Waals surface area contributed by atoms with Crippen LogP contribution in [-0.2, 0) is 5.41 Å². The fourth-order valence-electron chi connectivity index (χ4n) is 4.94. The third kappa shape index (κ3) is 4.68. The minimum atomic E-state index is -0.584. The summed E-state index contributed by atoms with van der Waals surface area (Å²) < 4.78 is 5.70. The summed E-state index contributed by atoms with van der Waals surface area (Å²) in [4.78, 5) is 0. The molecule has 37 heavy (non-hydrogen) atoms. The quantitative estimate of drug-likeness (QED) is 0.228. The van der Waals surface area contributed by atoms with E-state index in [2.05, 4.69) is 31.2 Å². The molecule has 0 bridgehead atoms. The van der Waals surface area contributed by atoms with Crippen molar-refractivity contribution >= 4 is 0 Å². The molecule has 0 fully saturated rings. The Morgan fingerprint density at radius 3 is 1.43 bits per heavy atom. The van der Waals surface area contributed by atoms with Gasteiger partial charge in [-0.2, -0.15) is 0 Å². The molecular weight excluding hydrogens is 456 g/mol. The van der Waals surface area contributed by atoms with E-state index in [-0.39, 0.29) is 11.5 Å². The minimum Gasteiger partial charge on any atom is -0.507 e. The van der Waals surface area contributed by atoms with Crippen LogP contribution in [0.1, 0.15) is 30.5 Å². The molecule has 5 aromatic carbocycles. The van der Waals surface area contributed by atoms with Crippen molar-refractivity contribution in [3.8, 4) is 39.5 Å². The average molecular weight is 487 g/mol. The molecule has 5 rings (SSSR count). The Morgan fingerprint density at radius 1 is 0.568 bits per heavy atom. The number of hydrogen-bond donors (Lipinski definition) is 2. The average Bonchev–Trinajstić information content (AvgIpc) is 2.94. The van der Waals surface area contributed by atoms with Crippen LogP contribution in [0.4, 0.5) is 0 Å². The summed E-state index contributed by atoms with van der Waals surface area (Å²) in [6, 6.07) is 39.6. The zero-order valence-electron chi connectivity index (χ0n) is 21.1. The summed E-state index contributed by atoms with van der Waals surface area (Å²) in [6.45, 7) is 4.76. The molecular formula is C34H30O3. The van der Waals surface area contributed by atoms with Crippen LogP contribution in [0.3, 0.4) is 0 Å². The molecule has 3 nitrogen and oxygen atoms in total. The molecule has 0 saturated heterocycles. The van der Waals surface area contributed by atoms with Gasteiger partial charge in [0.2, 0.25) is 0 Å². The molecule has 0 aliphatic carbocycles. The minimum absolute atomic E-state index is 0.236. The molecule has 0 aliphatic heterocycles.